The van der Waals surface area contributed by atoms with Crippen LogP contribution in [0.25, 0.3) is 0 Å². The van der Waals surface area contributed by atoms with Crippen molar-refractivity contribution in [1.29, 1.82) is 0 Å². The lowest BCUT2D eigenvalue weighted by atomic mass is 10.1. The summed E-state index contributed by atoms with van der Waals surface area (Å²) in [5, 5.41) is 4.01. The fourth-order valence-electron chi connectivity index (χ4n) is 2.78. The monoisotopic (exact) mass is 268 g/mol. The summed E-state index contributed by atoms with van der Waals surface area (Å²) in [6.07, 6.45) is 2.69. The third-order valence-electron chi connectivity index (χ3n) is 3.95. The lowest BCUT2D eigenvalue weighted by Crippen LogP contribution is -2.51. The molecule has 3 rings (SSSR count). The number of hydrogen-bond acceptors (Lipinski definition) is 2. The lowest BCUT2D eigenvalue weighted by Gasteiger charge is -2.36. The van der Waals surface area contributed by atoms with Gasteiger partial charge in [0.25, 0.3) is 0 Å². The average Bonchev–Trinajstić information content (AvgIpc) is 3.17. The van der Waals surface area contributed by atoms with Gasteiger partial charge in [0.1, 0.15) is 5.82 Å². The Morgan fingerprint density at radius 3 is 2.94 bits per heavy atom. The van der Waals surface area contributed by atoms with Crippen LogP contribution in [0.5, 0.6) is 0 Å². The summed E-state index contributed by atoms with van der Waals surface area (Å²) in [5.74, 6) is 0.583. The van der Waals surface area contributed by atoms with Crippen LogP contribution in [-0.2, 0) is 6.54 Å². The molecule has 1 aromatic rings. The number of rotatable bonds is 3. The van der Waals surface area contributed by atoms with E-state index in [-0.39, 0.29) is 5.82 Å². The SMILES string of the molecule is Fc1ccc(CN2CCNCC2C2CC2)c(Cl)c1. The van der Waals surface area contributed by atoms with E-state index in [9.17, 15) is 4.39 Å². The minimum Gasteiger partial charge on any atom is -0.314 e. The summed E-state index contributed by atoms with van der Waals surface area (Å²) in [4.78, 5) is 2.49. The van der Waals surface area contributed by atoms with E-state index < -0.39 is 0 Å². The summed E-state index contributed by atoms with van der Waals surface area (Å²) in [7, 11) is 0. The smallest absolute Gasteiger partial charge is 0.124 e. The van der Waals surface area contributed by atoms with Gasteiger partial charge in [0, 0.05) is 37.2 Å². The number of hydrogen-bond donors (Lipinski definition) is 1. The van der Waals surface area contributed by atoms with Crippen LogP contribution in [0.3, 0.4) is 0 Å². The Kier molecular flexibility index (Phi) is 3.55. The highest BCUT2D eigenvalue weighted by atomic mass is 35.5. The van der Waals surface area contributed by atoms with Gasteiger partial charge >= 0.3 is 0 Å². The average molecular weight is 269 g/mol. The Hall–Kier alpha value is -0.640. The minimum atomic E-state index is -0.261. The highest BCUT2D eigenvalue weighted by Crippen LogP contribution is 2.36. The Morgan fingerprint density at radius 2 is 2.22 bits per heavy atom. The van der Waals surface area contributed by atoms with E-state index in [1.165, 1.54) is 25.0 Å². The zero-order chi connectivity index (χ0) is 12.5. The maximum Gasteiger partial charge on any atom is 0.124 e. The van der Waals surface area contributed by atoms with Crippen LogP contribution in [0.15, 0.2) is 18.2 Å². The quantitative estimate of drug-likeness (QED) is 0.907. The molecule has 1 aromatic carbocycles. The molecule has 2 fully saturated rings. The topological polar surface area (TPSA) is 15.3 Å². The van der Waals surface area contributed by atoms with Crippen molar-refractivity contribution in [2.45, 2.75) is 25.4 Å². The maximum absolute atomic E-state index is 13.0. The first kappa shape index (κ1) is 12.4. The van der Waals surface area contributed by atoms with E-state index in [2.05, 4.69) is 10.2 Å². The van der Waals surface area contributed by atoms with E-state index in [1.807, 2.05) is 6.07 Å². The van der Waals surface area contributed by atoms with Gasteiger partial charge in [-0.05, 0) is 36.5 Å². The van der Waals surface area contributed by atoms with Gasteiger partial charge in [-0.25, -0.2) is 4.39 Å². The zero-order valence-corrected chi connectivity index (χ0v) is 11.1. The van der Waals surface area contributed by atoms with E-state index in [1.54, 1.807) is 0 Å². The highest BCUT2D eigenvalue weighted by molar-refractivity contribution is 6.31. The molecule has 18 heavy (non-hydrogen) atoms. The first-order chi connectivity index (χ1) is 8.74. The van der Waals surface area contributed by atoms with Crippen molar-refractivity contribution < 1.29 is 4.39 Å². The summed E-state index contributed by atoms with van der Waals surface area (Å²) in [6, 6.07) is 5.34. The highest BCUT2D eigenvalue weighted by Gasteiger charge is 2.36. The van der Waals surface area contributed by atoms with Gasteiger partial charge < -0.3 is 5.32 Å². The Bertz CT molecular complexity index is 434. The van der Waals surface area contributed by atoms with Gasteiger partial charge in [0.05, 0.1) is 0 Å². The van der Waals surface area contributed by atoms with Crippen molar-refractivity contribution in [2.75, 3.05) is 19.6 Å². The zero-order valence-electron chi connectivity index (χ0n) is 10.3. The maximum atomic E-state index is 13.0. The largest absolute Gasteiger partial charge is 0.314 e. The second-order valence-corrected chi connectivity index (χ2v) is 5.72. The molecule has 0 aromatic heterocycles. The molecule has 2 nitrogen and oxygen atoms in total. The predicted molar refractivity (Wildman–Crippen MR) is 71.2 cm³/mol. The second-order valence-electron chi connectivity index (χ2n) is 5.32. The standard InChI is InChI=1S/C14H18ClFN2/c15-13-7-12(16)4-3-11(13)9-18-6-5-17-8-14(18)10-1-2-10/h3-4,7,10,14,17H,1-2,5-6,8-9H2. The van der Waals surface area contributed by atoms with E-state index in [0.717, 1.165) is 37.7 Å². The number of nitrogens with zero attached hydrogens (tertiary/aromatic N) is 1. The van der Waals surface area contributed by atoms with Gasteiger partial charge in [-0.15, -0.1) is 0 Å². The molecule has 1 aliphatic carbocycles. The normalized spacial score (nSPS) is 25.3. The molecule has 1 aliphatic heterocycles. The van der Waals surface area contributed by atoms with Crippen molar-refractivity contribution in [3.8, 4) is 0 Å². The lowest BCUT2D eigenvalue weighted by molar-refractivity contribution is 0.135. The first-order valence-electron chi connectivity index (χ1n) is 6.63. The van der Waals surface area contributed by atoms with Gasteiger partial charge in [-0.3, -0.25) is 4.90 Å². The van der Waals surface area contributed by atoms with Crippen molar-refractivity contribution in [3.63, 3.8) is 0 Å². The van der Waals surface area contributed by atoms with E-state index in [4.69, 9.17) is 11.6 Å². The van der Waals surface area contributed by atoms with Crippen LogP contribution in [0.4, 0.5) is 4.39 Å². The van der Waals surface area contributed by atoms with Crippen LogP contribution in [-0.4, -0.2) is 30.6 Å². The molecule has 1 heterocycles. The fraction of sp³-hybridized carbons (Fsp3) is 0.571. The molecule has 1 unspecified atom stereocenters. The van der Waals surface area contributed by atoms with Crippen LogP contribution in [0, 0.1) is 11.7 Å². The number of halogens is 2. The molecule has 1 atom stereocenters. The van der Waals surface area contributed by atoms with Crippen molar-refractivity contribution in [1.82, 2.24) is 10.2 Å². The van der Waals surface area contributed by atoms with Crippen LogP contribution in [0.1, 0.15) is 18.4 Å². The predicted octanol–water partition coefficient (Wildman–Crippen LogP) is 2.66. The third-order valence-corrected chi connectivity index (χ3v) is 4.30. The molecule has 2 aliphatic rings. The fourth-order valence-corrected chi connectivity index (χ4v) is 3.01. The minimum absolute atomic E-state index is 0.261. The van der Waals surface area contributed by atoms with Gasteiger partial charge in [0.2, 0.25) is 0 Å². The number of nitrogens with one attached hydrogen (secondary N) is 1. The third kappa shape index (κ3) is 2.68. The molecule has 98 valence electrons. The van der Waals surface area contributed by atoms with Crippen molar-refractivity contribution >= 4 is 11.6 Å². The first-order valence-corrected chi connectivity index (χ1v) is 7.00. The second kappa shape index (κ2) is 5.16. The summed E-state index contributed by atoms with van der Waals surface area (Å²) in [6.45, 7) is 3.99. The molecule has 0 spiro atoms. The Labute approximate surface area is 112 Å². The molecule has 4 heteroatoms. The van der Waals surface area contributed by atoms with Crippen LogP contribution in [0.2, 0.25) is 5.02 Å². The van der Waals surface area contributed by atoms with Gasteiger partial charge in [0.15, 0.2) is 0 Å². The van der Waals surface area contributed by atoms with E-state index >= 15 is 0 Å². The molecule has 1 saturated heterocycles. The van der Waals surface area contributed by atoms with Crippen molar-refractivity contribution in [3.05, 3.63) is 34.6 Å². The molecule has 0 amide bonds. The van der Waals surface area contributed by atoms with Gasteiger partial charge in [-0.1, -0.05) is 17.7 Å². The summed E-state index contributed by atoms with van der Waals surface area (Å²) in [5.41, 5.74) is 1.03. The molecular formula is C14H18ClFN2. The Balaban J connectivity index is 1.73. The van der Waals surface area contributed by atoms with Gasteiger partial charge in [-0.2, -0.15) is 0 Å². The number of benzene rings is 1. The molecule has 1 saturated carbocycles. The number of piperazine rings is 1. The van der Waals surface area contributed by atoms with E-state index in [0.29, 0.717) is 11.1 Å². The van der Waals surface area contributed by atoms with Crippen LogP contribution < -0.4 is 5.32 Å². The summed E-state index contributed by atoms with van der Waals surface area (Å²) >= 11 is 6.11. The van der Waals surface area contributed by atoms with Crippen molar-refractivity contribution in [2.24, 2.45) is 5.92 Å². The van der Waals surface area contributed by atoms with Crippen LogP contribution >= 0.6 is 11.6 Å². The molecule has 0 bridgehead atoms. The molecular weight excluding hydrogens is 251 g/mol. The molecule has 1 N–H and O–H groups in total. The Morgan fingerprint density at radius 1 is 1.39 bits per heavy atom. The molecule has 0 radical (unpaired) electrons. The summed E-state index contributed by atoms with van der Waals surface area (Å²) < 4.78 is 13.0.